The number of halogens is 3. The van der Waals surface area contributed by atoms with Crippen molar-refractivity contribution in [3.8, 4) is 0 Å². The van der Waals surface area contributed by atoms with E-state index in [1.807, 2.05) is 32.9 Å². The zero-order valence-electron chi connectivity index (χ0n) is 11.1. The molecular formula is C14H17F3N2. The van der Waals surface area contributed by atoms with Crippen molar-refractivity contribution in [3.63, 3.8) is 0 Å². The molecule has 0 aliphatic carbocycles. The van der Waals surface area contributed by atoms with Gasteiger partial charge in [0.1, 0.15) is 0 Å². The Morgan fingerprint density at radius 2 is 1.89 bits per heavy atom. The molecule has 104 valence electrons. The Hall–Kier alpha value is -1.65. The van der Waals surface area contributed by atoms with E-state index in [2.05, 4.69) is 4.98 Å². The highest BCUT2D eigenvalue weighted by molar-refractivity contribution is 5.32. The summed E-state index contributed by atoms with van der Waals surface area (Å²) in [6, 6.07) is 3.51. The first-order chi connectivity index (χ1) is 8.69. The molecule has 0 fully saturated rings. The number of hydrogen-bond donors (Lipinski definition) is 1. The van der Waals surface area contributed by atoms with Crippen molar-refractivity contribution < 1.29 is 13.2 Å². The van der Waals surface area contributed by atoms with Gasteiger partial charge in [-0.15, -0.1) is 0 Å². The van der Waals surface area contributed by atoms with Gasteiger partial charge in [-0.2, -0.15) is 13.2 Å². The fourth-order valence-corrected chi connectivity index (χ4v) is 2.12. The van der Waals surface area contributed by atoms with E-state index in [-0.39, 0.29) is 6.04 Å². The summed E-state index contributed by atoms with van der Waals surface area (Å²) in [7, 11) is 0. The smallest absolute Gasteiger partial charge is 0.363 e. The van der Waals surface area contributed by atoms with Gasteiger partial charge in [0.05, 0.1) is 11.6 Å². The molecule has 1 aliphatic heterocycles. The molecule has 2 rings (SSSR count). The Bertz CT molecular complexity index is 490. The lowest BCUT2D eigenvalue weighted by Crippen LogP contribution is -2.41. The highest BCUT2D eigenvalue weighted by Crippen LogP contribution is 2.37. The van der Waals surface area contributed by atoms with E-state index < -0.39 is 17.3 Å². The Balaban J connectivity index is 2.40. The third-order valence-corrected chi connectivity index (χ3v) is 3.08. The van der Waals surface area contributed by atoms with E-state index in [1.54, 1.807) is 17.2 Å². The summed E-state index contributed by atoms with van der Waals surface area (Å²) in [5.41, 5.74) is -0.147. The molecule has 0 amide bonds. The summed E-state index contributed by atoms with van der Waals surface area (Å²) in [6.45, 7) is 5.69. The standard InChI is InChI=1S/C14H17F3N2/c1-13(2,3)19-9-10(14(15,16)17)6-7-12(19)11-5-4-8-18-11/h4-9,12,18H,1-3H3. The number of aromatic nitrogens is 1. The van der Waals surface area contributed by atoms with E-state index in [4.69, 9.17) is 0 Å². The number of nitrogens with zero attached hydrogens (tertiary/aromatic N) is 1. The van der Waals surface area contributed by atoms with Gasteiger partial charge in [0.25, 0.3) is 0 Å². The van der Waals surface area contributed by atoms with E-state index >= 15 is 0 Å². The molecule has 1 unspecified atom stereocenters. The molecule has 1 aliphatic rings. The van der Waals surface area contributed by atoms with E-state index in [0.717, 1.165) is 11.8 Å². The minimum Gasteiger partial charge on any atom is -0.363 e. The van der Waals surface area contributed by atoms with Gasteiger partial charge >= 0.3 is 6.18 Å². The van der Waals surface area contributed by atoms with Crippen LogP contribution in [0.4, 0.5) is 13.2 Å². The molecular weight excluding hydrogens is 253 g/mol. The van der Waals surface area contributed by atoms with Gasteiger partial charge in [-0.25, -0.2) is 0 Å². The summed E-state index contributed by atoms with van der Waals surface area (Å²) in [4.78, 5) is 4.78. The number of nitrogens with one attached hydrogen (secondary N) is 1. The molecule has 0 bridgehead atoms. The van der Waals surface area contributed by atoms with Crippen LogP contribution in [0.1, 0.15) is 32.5 Å². The number of rotatable bonds is 1. The normalized spacial score (nSPS) is 20.6. The summed E-state index contributed by atoms with van der Waals surface area (Å²) >= 11 is 0. The molecule has 5 heteroatoms. The highest BCUT2D eigenvalue weighted by Gasteiger charge is 2.37. The Morgan fingerprint density at radius 3 is 2.37 bits per heavy atom. The van der Waals surface area contributed by atoms with Crippen LogP contribution in [-0.4, -0.2) is 21.6 Å². The van der Waals surface area contributed by atoms with Gasteiger partial charge in [0, 0.05) is 23.6 Å². The van der Waals surface area contributed by atoms with Crippen molar-refractivity contribution >= 4 is 0 Å². The first kappa shape index (κ1) is 13.8. The maximum Gasteiger partial charge on any atom is 0.417 e. The van der Waals surface area contributed by atoms with Crippen LogP contribution in [0, 0.1) is 0 Å². The number of H-pyrrole nitrogens is 1. The molecule has 1 atom stereocenters. The van der Waals surface area contributed by atoms with E-state index in [0.29, 0.717) is 0 Å². The van der Waals surface area contributed by atoms with Crippen molar-refractivity contribution in [1.29, 1.82) is 0 Å². The van der Waals surface area contributed by atoms with Crippen LogP contribution in [0.2, 0.25) is 0 Å². The minimum absolute atomic E-state index is 0.207. The molecule has 1 aromatic rings. The van der Waals surface area contributed by atoms with Crippen molar-refractivity contribution in [2.75, 3.05) is 0 Å². The fraction of sp³-hybridized carbons (Fsp3) is 0.429. The van der Waals surface area contributed by atoms with Crippen molar-refractivity contribution in [3.05, 3.63) is 47.9 Å². The van der Waals surface area contributed by atoms with Crippen LogP contribution in [0.25, 0.3) is 0 Å². The van der Waals surface area contributed by atoms with Crippen LogP contribution >= 0.6 is 0 Å². The van der Waals surface area contributed by atoms with Crippen molar-refractivity contribution in [2.45, 2.75) is 38.5 Å². The maximum atomic E-state index is 12.8. The predicted molar refractivity (Wildman–Crippen MR) is 68.4 cm³/mol. The molecule has 1 aromatic heterocycles. The second-order valence-corrected chi connectivity index (χ2v) is 5.59. The topological polar surface area (TPSA) is 19.0 Å². The van der Waals surface area contributed by atoms with Gasteiger partial charge in [-0.3, -0.25) is 0 Å². The third-order valence-electron chi connectivity index (χ3n) is 3.08. The first-order valence-electron chi connectivity index (χ1n) is 6.08. The second kappa shape index (κ2) is 4.47. The van der Waals surface area contributed by atoms with Gasteiger partial charge in [0.2, 0.25) is 0 Å². The Kier molecular flexibility index (Phi) is 3.24. The fourth-order valence-electron chi connectivity index (χ4n) is 2.12. The minimum atomic E-state index is -4.32. The molecule has 0 saturated carbocycles. The molecule has 1 N–H and O–H groups in total. The van der Waals surface area contributed by atoms with Crippen LogP contribution in [0.5, 0.6) is 0 Å². The lowest BCUT2D eigenvalue weighted by molar-refractivity contribution is -0.0905. The lowest BCUT2D eigenvalue weighted by atomic mass is 9.97. The number of hydrogen-bond acceptors (Lipinski definition) is 1. The van der Waals surface area contributed by atoms with Crippen molar-refractivity contribution in [1.82, 2.24) is 9.88 Å². The monoisotopic (exact) mass is 270 g/mol. The van der Waals surface area contributed by atoms with Gasteiger partial charge in [-0.1, -0.05) is 12.2 Å². The van der Waals surface area contributed by atoms with Gasteiger partial charge in [0.15, 0.2) is 0 Å². The van der Waals surface area contributed by atoms with E-state index in [1.165, 1.54) is 6.20 Å². The Morgan fingerprint density at radius 1 is 1.21 bits per heavy atom. The van der Waals surface area contributed by atoms with Crippen LogP contribution in [0.15, 0.2) is 42.3 Å². The Labute approximate surface area is 110 Å². The molecule has 2 heterocycles. The summed E-state index contributed by atoms with van der Waals surface area (Å²) < 4.78 is 38.5. The summed E-state index contributed by atoms with van der Waals surface area (Å²) in [5.74, 6) is 0. The summed E-state index contributed by atoms with van der Waals surface area (Å²) in [5, 5.41) is 0. The van der Waals surface area contributed by atoms with Gasteiger partial charge in [-0.05, 0) is 32.9 Å². The van der Waals surface area contributed by atoms with Crippen LogP contribution in [-0.2, 0) is 0 Å². The van der Waals surface area contributed by atoms with Gasteiger partial charge < -0.3 is 9.88 Å². The first-order valence-corrected chi connectivity index (χ1v) is 6.08. The zero-order valence-corrected chi connectivity index (χ0v) is 11.1. The molecule has 2 nitrogen and oxygen atoms in total. The van der Waals surface area contributed by atoms with E-state index in [9.17, 15) is 13.2 Å². The molecule has 0 saturated heterocycles. The average Bonchev–Trinajstić information content (AvgIpc) is 2.79. The van der Waals surface area contributed by atoms with Crippen molar-refractivity contribution in [2.24, 2.45) is 0 Å². The summed E-state index contributed by atoms with van der Waals surface area (Å²) in [6.07, 6.45) is 1.38. The highest BCUT2D eigenvalue weighted by atomic mass is 19.4. The SMILES string of the molecule is CC(C)(C)N1C=C(C(F)(F)F)C=CC1c1ccc[nH]1. The van der Waals surface area contributed by atoms with Crippen LogP contribution < -0.4 is 0 Å². The zero-order chi connectivity index (χ0) is 14.3. The molecule has 19 heavy (non-hydrogen) atoms. The largest absolute Gasteiger partial charge is 0.417 e. The molecule has 0 spiro atoms. The van der Waals surface area contributed by atoms with Crippen LogP contribution in [0.3, 0.4) is 0 Å². The second-order valence-electron chi connectivity index (χ2n) is 5.59. The molecule has 0 radical (unpaired) electrons. The number of allylic oxidation sites excluding steroid dienone is 2. The predicted octanol–water partition coefficient (Wildman–Crippen LogP) is 4.17. The number of alkyl halides is 3. The third kappa shape index (κ3) is 2.85. The quantitative estimate of drug-likeness (QED) is 0.811. The number of aromatic amines is 1. The lowest BCUT2D eigenvalue weighted by Gasteiger charge is -2.42. The molecule has 0 aromatic carbocycles. The average molecular weight is 270 g/mol. The maximum absolute atomic E-state index is 12.8.